The molecule has 4 aromatic rings. The summed E-state index contributed by atoms with van der Waals surface area (Å²) in [6.07, 6.45) is -1.13. The van der Waals surface area contributed by atoms with E-state index in [1.54, 1.807) is 6.20 Å². The van der Waals surface area contributed by atoms with Crippen LogP contribution in [0.4, 0.5) is 8.78 Å². The molecule has 4 aromatic heterocycles. The van der Waals surface area contributed by atoms with E-state index in [4.69, 9.17) is 9.47 Å². The molecule has 0 radical (unpaired) electrons. The third kappa shape index (κ3) is 4.34. The molecule has 5 rings (SSSR count). The van der Waals surface area contributed by atoms with Crippen molar-refractivity contribution in [2.75, 3.05) is 13.2 Å². The Kier molecular flexibility index (Phi) is 6.44. The molecule has 5 heterocycles. The summed E-state index contributed by atoms with van der Waals surface area (Å²) in [5.41, 5.74) is 2.33. The molecular formula is C25H27F2N5O2SSi. The summed E-state index contributed by atoms with van der Waals surface area (Å²) in [6, 6.07) is 8.89. The maximum atomic E-state index is 14.3. The SMILES string of the molecule is Cc1cc(-c2c(-c3c(C(F)F)nn4c3OCC4)n(COCC[Si](C)(C)C)c3ncccc23)c(C#N)s1. The first-order chi connectivity index (χ1) is 17.2. The number of fused-ring (bicyclic) bond motifs is 2. The van der Waals surface area contributed by atoms with Crippen LogP contribution < -0.4 is 4.74 Å². The minimum absolute atomic E-state index is 0.131. The Hall–Kier alpha value is -3.07. The molecule has 11 heteroatoms. The van der Waals surface area contributed by atoms with E-state index in [9.17, 15) is 14.0 Å². The van der Waals surface area contributed by atoms with Gasteiger partial charge >= 0.3 is 0 Å². The molecule has 0 N–H and O–H groups in total. The van der Waals surface area contributed by atoms with Crippen LogP contribution in [0.25, 0.3) is 33.4 Å². The topological polar surface area (TPSA) is 77.9 Å². The Balaban J connectivity index is 1.79. The van der Waals surface area contributed by atoms with Crippen molar-refractivity contribution in [3.8, 4) is 34.3 Å². The zero-order valence-corrected chi connectivity index (χ0v) is 22.5. The molecule has 0 unspecified atom stereocenters. The van der Waals surface area contributed by atoms with Crippen molar-refractivity contribution < 1.29 is 18.3 Å². The van der Waals surface area contributed by atoms with Gasteiger partial charge in [-0.05, 0) is 31.2 Å². The van der Waals surface area contributed by atoms with Crippen LogP contribution in [0, 0.1) is 18.3 Å². The smallest absolute Gasteiger partial charge is 0.282 e. The van der Waals surface area contributed by atoms with Crippen molar-refractivity contribution in [1.82, 2.24) is 19.3 Å². The summed E-state index contributed by atoms with van der Waals surface area (Å²) in [7, 11) is -1.33. The molecule has 1 aliphatic rings. The standard InChI is InChI=1S/C25H27F2N5O2SSi/c1-15-12-17(18(13-28)35-15)19-16-6-5-7-29-24(16)31(14-33-10-11-36(2,3)4)22(19)20-21(23(26)27)30-32-8-9-34-25(20)32/h5-7,12,23H,8-11,14H2,1-4H3. The van der Waals surface area contributed by atoms with Crippen LogP contribution in [0.15, 0.2) is 24.4 Å². The van der Waals surface area contributed by atoms with Gasteiger partial charge in [0.1, 0.15) is 35.6 Å². The molecule has 7 nitrogen and oxygen atoms in total. The van der Waals surface area contributed by atoms with Gasteiger partial charge < -0.3 is 14.0 Å². The van der Waals surface area contributed by atoms with Crippen molar-refractivity contribution >= 4 is 30.4 Å². The van der Waals surface area contributed by atoms with Crippen LogP contribution in [-0.4, -0.2) is 40.6 Å². The summed E-state index contributed by atoms with van der Waals surface area (Å²) in [4.78, 5) is 6.08. The quantitative estimate of drug-likeness (QED) is 0.194. The number of hydrogen-bond donors (Lipinski definition) is 0. The highest BCUT2D eigenvalue weighted by molar-refractivity contribution is 7.13. The predicted molar refractivity (Wildman–Crippen MR) is 138 cm³/mol. The van der Waals surface area contributed by atoms with Gasteiger partial charge in [-0.1, -0.05) is 19.6 Å². The number of aryl methyl sites for hydroxylation is 1. The Morgan fingerprint density at radius 1 is 1.31 bits per heavy atom. The first-order valence-corrected chi connectivity index (χ1v) is 16.3. The van der Waals surface area contributed by atoms with Crippen LogP contribution in [0.5, 0.6) is 5.88 Å². The largest absolute Gasteiger partial charge is 0.475 e. The second-order valence-corrected chi connectivity index (χ2v) is 16.9. The van der Waals surface area contributed by atoms with Gasteiger partial charge in [-0.2, -0.15) is 10.4 Å². The summed E-state index contributed by atoms with van der Waals surface area (Å²) >= 11 is 1.38. The molecule has 0 saturated carbocycles. The average molecular weight is 528 g/mol. The molecule has 0 amide bonds. The van der Waals surface area contributed by atoms with Crippen molar-refractivity contribution in [2.45, 2.75) is 52.3 Å². The second-order valence-electron chi connectivity index (χ2n) is 10.0. The van der Waals surface area contributed by atoms with Crippen LogP contribution in [0.3, 0.4) is 0 Å². The zero-order chi connectivity index (χ0) is 25.6. The number of nitrogens with zero attached hydrogens (tertiary/aromatic N) is 5. The summed E-state index contributed by atoms with van der Waals surface area (Å²) in [5, 5.41) is 14.9. The lowest BCUT2D eigenvalue weighted by Gasteiger charge is -2.17. The minimum atomic E-state index is -2.80. The molecule has 1 aliphatic heterocycles. The van der Waals surface area contributed by atoms with Crippen LogP contribution in [0.2, 0.25) is 25.7 Å². The Bertz CT molecular complexity index is 1480. The molecule has 0 bridgehead atoms. The van der Waals surface area contributed by atoms with Crippen LogP contribution in [-0.2, 0) is 18.0 Å². The minimum Gasteiger partial charge on any atom is -0.475 e. The number of hydrogen-bond acceptors (Lipinski definition) is 6. The van der Waals surface area contributed by atoms with Gasteiger partial charge in [0.25, 0.3) is 6.43 Å². The monoisotopic (exact) mass is 527 g/mol. The third-order valence-electron chi connectivity index (χ3n) is 6.18. The number of ether oxygens (including phenoxy) is 2. The first-order valence-electron chi connectivity index (χ1n) is 11.8. The maximum Gasteiger partial charge on any atom is 0.282 e. The fourth-order valence-corrected chi connectivity index (χ4v) is 6.09. The van der Waals surface area contributed by atoms with E-state index in [0.29, 0.717) is 53.0 Å². The first kappa shape index (κ1) is 24.6. The highest BCUT2D eigenvalue weighted by Crippen LogP contribution is 2.49. The fraction of sp³-hybridized carbons (Fsp3) is 0.400. The van der Waals surface area contributed by atoms with Gasteiger partial charge in [0, 0.05) is 42.3 Å². The second kappa shape index (κ2) is 9.42. The van der Waals surface area contributed by atoms with Crippen molar-refractivity contribution in [3.63, 3.8) is 0 Å². The Morgan fingerprint density at radius 2 is 2.11 bits per heavy atom. The Labute approximate surface area is 212 Å². The van der Waals surface area contributed by atoms with E-state index in [1.165, 1.54) is 16.0 Å². The molecule has 188 valence electrons. The van der Waals surface area contributed by atoms with Gasteiger partial charge in [-0.3, -0.25) is 0 Å². The lowest BCUT2D eigenvalue weighted by atomic mass is 9.99. The van der Waals surface area contributed by atoms with E-state index < -0.39 is 14.5 Å². The third-order valence-corrected chi connectivity index (χ3v) is 8.84. The molecule has 0 aliphatic carbocycles. The number of nitriles is 1. The van der Waals surface area contributed by atoms with Gasteiger partial charge in [0.2, 0.25) is 5.88 Å². The van der Waals surface area contributed by atoms with E-state index in [2.05, 4.69) is 35.8 Å². The number of rotatable bonds is 8. The van der Waals surface area contributed by atoms with Crippen LogP contribution >= 0.6 is 11.3 Å². The molecule has 0 spiro atoms. The Morgan fingerprint density at radius 3 is 2.83 bits per heavy atom. The molecular weight excluding hydrogens is 500 g/mol. The highest BCUT2D eigenvalue weighted by Gasteiger charge is 2.35. The van der Waals surface area contributed by atoms with Gasteiger partial charge in [0.15, 0.2) is 0 Å². The molecule has 0 atom stereocenters. The van der Waals surface area contributed by atoms with Gasteiger partial charge in [-0.15, -0.1) is 11.3 Å². The van der Waals surface area contributed by atoms with E-state index in [1.807, 2.05) is 29.7 Å². The lowest BCUT2D eigenvalue weighted by Crippen LogP contribution is -2.22. The summed E-state index contributed by atoms with van der Waals surface area (Å²) < 4.78 is 43.9. The highest BCUT2D eigenvalue weighted by atomic mass is 32.1. The predicted octanol–water partition coefficient (Wildman–Crippen LogP) is 6.45. The number of alkyl halides is 2. The normalized spacial score (nSPS) is 13.4. The van der Waals surface area contributed by atoms with E-state index >= 15 is 0 Å². The van der Waals surface area contributed by atoms with Gasteiger partial charge in [-0.25, -0.2) is 18.4 Å². The fourth-order valence-electron chi connectivity index (χ4n) is 4.52. The molecule has 0 fully saturated rings. The number of thiophene rings is 1. The number of halogens is 2. The maximum absolute atomic E-state index is 14.3. The molecule has 36 heavy (non-hydrogen) atoms. The lowest BCUT2D eigenvalue weighted by molar-refractivity contribution is 0.0908. The molecule has 0 saturated heterocycles. The number of pyridine rings is 1. The van der Waals surface area contributed by atoms with Crippen molar-refractivity contribution in [2.24, 2.45) is 0 Å². The van der Waals surface area contributed by atoms with E-state index in [0.717, 1.165) is 16.3 Å². The van der Waals surface area contributed by atoms with Crippen molar-refractivity contribution in [3.05, 3.63) is 39.8 Å². The van der Waals surface area contributed by atoms with Crippen molar-refractivity contribution in [1.29, 1.82) is 5.26 Å². The zero-order valence-electron chi connectivity index (χ0n) is 20.6. The van der Waals surface area contributed by atoms with E-state index in [-0.39, 0.29) is 18.0 Å². The number of aromatic nitrogens is 4. The summed E-state index contributed by atoms with van der Waals surface area (Å²) in [5.74, 6) is 0.308. The average Bonchev–Trinajstić information content (AvgIpc) is 3.56. The summed E-state index contributed by atoms with van der Waals surface area (Å²) in [6.45, 7) is 10.2. The van der Waals surface area contributed by atoms with Crippen LogP contribution in [0.1, 0.15) is 21.9 Å². The van der Waals surface area contributed by atoms with Gasteiger partial charge in [0.05, 0.1) is 17.8 Å². The molecule has 0 aromatic carbocycles.